The van der Waals surface area contributed by atoms with E-state index in [0.29, 0.717) is 5.82 Å². The molecule has 0 unspecified atom stereocenters. The zero-order chi connectivity index (χ0) is 19.2. The fraction of sp³-hybridized carbons (Fsp3) is 0.150. The van der Waals surface area contributed by atoms with Crippen LogP contribution < -0.4 is 4.57 Å². The van der Waals surface area contributed by atoms with E-state index in [0.717, 1.165) is 28.0 Å². The highest BCUT2D eigenvalue weighted by Crippen LogP contribution is 2.28. The highest BCUT2D eigenvalue weighted by Gasteiger charge is 2.28. The largest absolute Gasteiger partial charge is 0.296 e. The minimum atomic E-state index is -2.36. The maximum Gasteiger partial charge on any atom is 0.296 e. The van der Waals surface area contributed by atoms with Crippen LogP contribution >= 0.6 is 0 Å². The third-order valence-electron chi connectivity index (χ3n) is 4.29. The molecule has 0 amide bonds. The molecule has 0 saturated carbocycles. The van der Waals surface area contributed by atoms with Crippen molar-refractivity contribution in [2.24, 2.45) is 7.05 Å². The van der Waals surface area contributed by atoms with E-state index in [2.05, 4.69) is 14.5 Å². The Bertz CT molecular complexity index is 1150. The number of fused-ring (bicyclic) bond motifs is 1. The number of benzene rings is 2. The highest BCUT2D eigenvalue weighted by molar-refractivity contribution is 5.79. The predicted octanol–water partition coefficient (Wildman–Crippen LogP) is 3.53. The Morgan fingerprint density at radius 3 is 2.58 bits per heavy atom. The van der Waals surface area contributed by atoms with Crippen LogP contribution in [0.1, 0.15) is 15.4 Å². The van der Waals surface area contributed by atoms with Gasteiger partial charge >= 0.3 is 0 Å². The standard InChI is InChI=1S/C20H19N4/c1-14-8-4-5-9-16(14)20-23(3)17-10-6-7-11-18(17)24(20)19-15(2)21-12-13-22-19/h4-13H,1-3H3/q+1/i2D3. The Hall–Kier alpha value is -3.01. The molecule has 0 saturated heterocycles. The van der Waals surface area contributed by atoms with E-state index >= 15 is 0 Å². The van der Waals surface area contributed by atoms with Crippen molar-refractivity contribution in [3.05, 3.63) is 72.2 Å². The molecule has 0 fully saturated rings. The number of rotatable bonds is 2. The normalized spacial score (nSPS) is 13.5. The number of nitrogens with zero attached hydrogens (tertiary/aromatic N) is 4. The first kappa shape index (κ1) is 11.5. The molecule has 118 valence electrons. The molecule has 2 aromatic carbocycles. The Balaban J connectivity index is 2.17. The number of imidazole rings is 1. The molecule has 0 radical (unpaired) electrons. The molecule has 0 aliphatic rings. The van der Waals surface area contributed by atoms with Crippen molar-refractivity contribution in [2.45, 2.75) is 13.8 Å². The second kappa shape index (κ2) is 5.57. The highest BCUT2D eigenvalue weighted by atomic mass is 15.2. The molecule has 4 aromatic rings. The number of aryl methyl sites for hydroxylation is 3. The van der Waals surface area contributed by atoms with Crippen LogP contribution in [0.25, 0.3) is 28.2 Å². The molecule has 0 bridgehead atoms. The summed E-state index contributed by atoms with van der Waals surface area (Å²) in [6.45, 7) is -0.324. The summed E-state index contributed by atoms with van der Waals surface area (Å²) in [4.78, 5) is 8.57. The van der Waals surface area contributed by atoms with Gasteiger partial charge in [-0.2, -0.15) is 4.57 Å². The molecule has 4 nitrogen and oxygen atoms in total. The molecule has 4 heteroatoms. The van der Waals surface area contributed by atoms with Gasteiger partial charge in [0, 0.05) is 16.5 Å². The molecule has 0 aliphatic carbocycles. The minimum absolute atomic E-state index is 0.0128. The zero-order valence-electron chi connectivity index (χ0n) is 16.6. The van der Waals surface area contributed by atoms with Crippen molar-refractivity contribution in [3.8, 4) is 17.2 Å². The average Bonchev–Trinajstić information content (AvgIpc) is 2.94. The summed E-state index contributed by atoms with van der Waals surface area (Å²) in [5, 5.41) is 0. The summed E-state index contributed by atoms with van der Waals surface area (Å²) >= 11 is 0. The first-order chi connectivity index (χ1) is 12.9. The summed E-state index contributed by atoms with van der Waals surface area (Å²) in [7, 11) is 1.98. The van der Waals surface area contributed by atoms with Gasteiger partial charge in [0.25, 0.3) is 5.82 Å². The average molecular weight is 318 g/mol. The van der Waals surface area contributed by atoms with Gasteiger partial charge in [-0.3, -0.25) is 4.98 Å². The number of aromatic nitrogens is 4. The second-order valence-corrected chi connectivity index (χ2v) is 5.75. The van der Waals surface area contributed by atoms with Crippen LogP contribution in [0.15, 0.2) is 60.9 Å². The topological polar surface area (TPSA) is 34.6 Å². The molecular formula is C20H19N4+. The lowest BCUT2D eigenvalue weighted by Crippen LogP contribution is -2.30. The summed E-state index contributed by atoms with van der Waals surface area (Å²) in [5.41, 5.74) is 3.96. The van der Waals surface area contributed by atoms with Crippen molar-refractivity contribution in [1.82, 2.24) is 14.5 Å². The van der Waals surface area contributed by atoms with Crippen LogP contribution in [-0.4, -0.2) is 14.5 Å². The maximum absolute atomic E-state index is 7.91. The fourth-order valence-electron chi connectivity index (χ4n) is 3.15. The summed E-state index contributed by atoms with van der Waals surface area (Å²) in [5.74, 6) is 1.19. The van der Waals surface area contributed by atoms with Crippen molar-refractivity contribution < 1.29 is 8.68 Å². The molecule has 24 heavy (non-hydrogen) atoms. The molecule has 4 rings (SSSR count). The monoisotopic (exact) mass is 318 g/mol. The summed E-state index contributed by atoms with van der Waals surface area (Å²) in [6.07, 6.45) is 2.95. The van der Waals surface area contributed by atoms with Crippen molar-refractivity contribution in [3.63, 3.8) is 0 Å². The lowest BCUT2D eigenvalue weighted by Gasteiger charge is -2.06. The summed E-state index contributed by atoms with van der Waals surface area (Å²) < 4.78 is 27.7. The van der Waals surface area contributed by atoms with Gasteiger partial charge in [0.15, 0.2) is 11.0 Å². The number of hydrogen-bond acceptors (Lipinski definition) is 2. The molecule has 2 heterocycles. The van der Waals surface area contributed by atoms with Gasteiger partial charge in [-0.25, -0.2) is 9.55 Å². The van der Waals surface area contributed by atoms with E-state index in [1.807, 2.05) is 67.1 Å². The van der Waals surface area contributed by atoms with Crippen LogP contribution in [-0.2, 0) is 7.05 Å². The van der Waals surface area contributed by atoms with E-state index in [9.17, 15) is 0 Å². The second-order valence-electron chi connectivity index (χ2n) is 5.75. The third-order valence-corrected chi connectivity index (χ3v) is 4.29. The van der Waals surface area contributed by atoms with Gasteiger partial charge in [-0.05, 0) is 37.5 Å². The lowest BCUT2D eigenvalue weighted by molar-refractivity contribution is -0.633. The first-order valence-electron chi connectivity index (χ1n) is 9.27. The molecule has 0 atom stereocenters. The Labute approximate surface area is 145 Å². The Morgan fingerprint density at radius 2 is 1.75 bits per heavy atom. The van der Waals surface area contributed by atoms with Crippen molar-refractivity contribution in [2.75, 3.05) is 0 Å². The zero-order valence-corrected chi connectivity index (χ0v) is 13.6. The van der Waals surface area contributed by atoms with Gasteiger partial charge in [-0.1, -0.05) is 30.3 Å². The quantitative estimate of drug-likeness (QED) is 0.530. The Morgan fingerprint density at radius 1 is 1.00 bits per heavy atom. The van der Waals surface area contributed by atoms with Crippen LogP contribution in [0.3, 0.4) is 0 Å². The van der Waals surface area contributed by atoms with E-state index in [1.54, 1.807) is 0 Å². The van der Waals surface area contributed by atoms with Crippen LogP contribution in [0.4, 0.5) is 0 Å². The van der Waals surface area contributed by atoms with Gasteiger partial charge in [0.1, 0.15) is 5.69 Å². The third kappa shape index (κ3) is 2.11. The van der Waals surface area contributed by atoms with Crippen LogP contribution in [0.2, 0.25) is 0 Å². The smallest absolute Gasteiger partial charge is 0.254 e. The number of para-hydroxylation sites is 2. The minimum Gasteiger partial charge on any atom is -0.254 e. The maximum atomic E-state index is 7.91. The van der Waals surface area contributed by atoms with Gasteiger partial charge in [0.2, 0.25) is 5.82 Å². The van der Waals surface area contributed by atoms with E-state index in [4.69, 9.17) is 4.11 Å². The van der Waals surface area contributed by atoms with E-state index in [1.165, 1.54) is 12.4 Å². The van der Waals surface area contributed by atoms with E-state index in [-0.39, 0.29) is 5.69 Å². The molecular weight excluding hydrogens is 296 g/mol. The Kier molecular flexibility index (Phi) is 2.67. The van der Waals surface area contributed by atoms with Gasteiger partial charge < -0.3 is 0 Å². The van der Waals surface area contributed by atoms with Gasteiger partial charge in [0.05, 0.1) is 12.6 Å². The van der Waals surface area contributed by atoms with Crippen molar-refractivity contribution in [1.29, 1.82) is 0 Å². The predicted molar refractivity (Wildman–Crippen MR) is 95.0 cm³/mol. The fourth-order valence-corrected chi connectivity index (χ4v) is 3.15. The van der Waals surface area contributed by atoms with Crippen molar-refractivity contribution >= 4 is 11.0 Å². The molecule has 0 N–H and O–H groups in total. The SMILES string of the molecule is [2H]C([2H])([2H])c1nccnc1-n1c(-c2ccccc2C)[n+](C)c2ccccc21. The number of hydrogen-bond donors (Lipinski definition) is 0. The summed E-state index contributed by atoms with van der Waals surface area (Å²) in [6, 6.07) is 15.9. The van der Waals surface area contributed by atoms with Crippen LogP contribution in [0, 0.1) is 13.8 Å². The molecule has 2 aromatic heterocycles. The van der Waals surface area contributed by atoms with Gasteiger partial charge in [-0.15, -0.1) is 0 Å². The van der Waals surface area contributed by atoms with E-state index < -0.39 is 6.85 Å². The molecule has 0 spiro atoms. The lowest BCUT2D eigenvalue weighted by atomic mass is 10.1. The van der Waals surface area contributed by atoms with Crippen LogP contribution in [0.5, 0.6) is 0 Å². The first-order valence-corrected chi connectivity index (χ1v) is 7.77. The molecule has 0 aliphatic heterocycles.